The number of amides is 2. The molecule has 2 aliphatic heterocycles. The summed E-state index contributed by atoms with van der Waals surface area (Å²) in [5.41, 5.74) is 0.758. The highest BCUT2D eigenvalue weighted by Gasteiger charge is 2.37. The average Bonchev–Trinajstić information content (AvgIpc) is 3.12. The maximum absolute atomic E-state index is 13.1. The molecule has 2 fully saturated rings. The first-order chi connectivity index (χ1) is 12.7. The van der Waals surface area contributed by atoms with Gasteiger partial charge in [0.15, 0.2) is 10.8 Å². The molecule has 0 aromatic carbocycles. The highest BCUT2D eigenvalue weighted by Crippen LogP contribution is 2.28. The summed E-state index contributed by atoms with van der Waals surface area (Å²) in [6.07, 6.45) is 4.67. The van der Waals surface area contributed by atoms with Crippen LogP contribution in [0.3, 0.4) is 0 Å². The van der Waals surface area contributed by atoms with Crippen molar-refractivity contribution >= 4 is 23.2 Å². The fourth-order valence-electron chi connectivity index (χ4n) is 3.29. The van der Waals surface area contributed by atoms with E-state index in [0.29, 0.717) is 41.6 Å². The molecule has 2 aromatic heterocycles. The van der Waals surface area contributed by atoms with Gasteiger partial charge in [0.1, 0.15) is 11.5 Å². The molecule has 0 radical (unpaired) electrons. The zero-order valence-electron chi connectivity index (χ0n) is 14.3. The molecule has 136 valence electrons. The molecule has 2 amide bonds. The Hall–Kier alpha value is -2.39. The van der Waals surface area contributed by atoms with Crippen molar-refractivity contribution in [2.45, 2.75) is 31.9 Å². The van der Waals surface area contributed by atoms with E-state index in [0.717, 1.165) is 5.69 Å². The molecule has 0 unspecified atom stereocenters. The first kappa shape index (κ1) is 17.0. The summed E-state index contributed by atoms with van der Waals surface area (Å²) in [4.78, 5) is 40.0. The highest BCUT2D eigenvalue weighted by molar-refractivity contribution is 7.17. The predicted octanol–water partition coefficient (Wildman–Crippen LogP) is 0.892. The average molecular weight is 373 g/mol. The largest absolute Gasteiger partial charge is 0.366 e. The van der Waals surface area contributed by atoms with Gasteiger partial charge in [0, 0.05) is 25.5 Å². The van der Waals surface area contributed by atoms with Gasteiger partial charge in [-0.15, -0.1) is 11.3 Å². The number of hydrogen-bond acceptors (Lipinski definition) is 7. The number of hydrogen-bond donors (Lipinski definition) is 1. The van der Waals surface area contributed by atoms with Crippen molar-refractivity contribution in [2.75, 3.05) is 19.7 Å². The SMILES string of the molecule is CCc1nc(-c2ncccn2)sc1C(=O)N1CC[C@H]2OCC(=O)N[C@H]2C1. The lowest BCUT2D eigenvalue weighted by Crippen LogP contribution is -2.61. The van der Waals surface area contributed by atoms with Gasteiger partial charge in [-0.1, -0.05) is 6.92 Å². The minimum absolute atomic E-state index is 0.0165. The van der Waals surface area contributed by atoms with E-state index in [9.17, 15) is 9.59 Å². The molecular weight excluding hydrogens is 354 g/mol. The topological polar surface area (TPSA) is 97.3 Å². The van der Waals surface area contributed by atoms with E-state index < -0.39 is 0 Å². The summed E-state index contributed by atoms with van der Waals surface area (Å²) in [6, 6.07) is 1.60. The van der Waals surface area contributed by atoms with Crippen LogP contribution in [0, 0.1) is 0 Å². The Kier molecular flexibility index (Phi) is 4.64. The second kappa shape index (κ2) is 7.08. The van der Waals surface area contributed by atoms with E-state index in [1.807, 2.05) is 6.92 Å². The third-order valence-corrected chi connectivity index (χ3v) is 5.68. The molecule has 9 heteroatoms. The molecule has 1 N–H and O–H groups in total. The van der Waals surface area contributed by atoms with Crippen molar-refractivity contribution in [3.8, 4) is 10.8 Å². The number of carbonyl (C=O) groups excluding carboxylic acids is 2. The molecule has 0 bridgehead atoms. The van der Waals surface area contributed by atoms with Gasteiger partial charge >= 0.3 is 0 Å². The maximum Gasteiger partial charge on any atom is 0.265 e. The number of aryl methyl sites for hydroxylation is 1. The van der Waals surface area contributed by atoms with Gasteiger partial charge in [-0.3, -0.25) is 9.59 Å². The number of piperidine rings is 1. The lowest BCUT2D eigenvalue weighted by Gasteiger charge is -2.40. The van der Waals surface area contributed by atoms with E-state index in [1.54, 1.807) is 23.4 Å². The Labute approximate surface area is 154 Å². The Balaban J connectivity index is 1.56. The molecule has 4 rings (SSSR count). The maximum atomic E-state index is 13.1. The fraction of sp³-hybridized carbons (Fsp3) is 0.471. The number of carbonyl (C=O) groups is 2. The molecule has 2 saturated heterocycles. The Morgan fingerprint density at radius 1 is 1.42 bits per heavy atom. The van der Waals surface area contributed by atoms with Crippen molar-refractivity contribution in [2.24, 2.45) is 0 Å². The summed E-state index contributed by atoms with van der Waals surface area (Å²) in [5, 5.41) is 3.57. The lowest BCUT2D eigenvalue weighted by atomic mass is 10.00. The third-order valence-electron chi connectivity index (χ3n) is 4.60. The standard InChI is InChI=1S/C17H19N5O3S/c1-2-10-14(26-16(21-10)15-18-5-3-6-19-15)17(24)22-7-4-12-11(8-22)20-13(23)9-25-12/h3,5-6,11-12H,2,4,7-9H2,1H3,(H,20,23)/t11-,12+/m0/s1. The minimum Gasteiger partial charge on any atom is -0.366 e. The van der Waals surface area contributed by atoms with Crippen molar-refractivity contribution in [3.63, 3.8) is 0 Å². The monoisotopic (exact) mass is 373 g/mol. The van der Waals surface area contributed by atoms with Crippen molar-refractivity contribution in [3.05, 3.63) is 29.0 Å². The van der Waals surface area contributed by atoms with Crippen LogP contribution in [-0.2, 0) is 16.0 Å². The van der Waals surface area contributed by atoms with E-state index in [1.165, 1.54) is 11.3 Å². The highest BCUT2D eigenvalue weighted by atomic mass is 32.1. The molecule has 0 saturated carbocycles. The van der Waals surface area contributed by atoms with Gasteiger partial charge in [0.05, 0.1) is 17.8 Å². The van der Waals surface area contributed by atoms with Crippen LogP contribution in [0.2, 0.25) is 0 Å². The molecule has 2 aliphatic rings. The molecule has 0 spiro atoms. The number of likely N-dealkylation sites (tertiary alicyclic amines) is 1. The van der Waals surface area contributed by atoms with Gasteiger partial charge in [-0.2, -0.15) is 0 Å². The Bertz CT molecular complexity index is 825. The number of thiazole rings is 1. The molecule has 26 heavy (non-hydrogen) atoms. The predicted molar refractivity (Wildman–Crippen MR) is 94.7 cm³/mol. The number of nitrogens with one attached hydrogen (secondary N) is 1. The van der Waals surface area contributed by atoms with Crippen LogP contribution in [-0.4, -0.2) is 63.5 Å². The number of morpholine rings is 1. The van der Waals surface area contributed by atoms with Crippen LogP contribution in [0.15, 0.2) is 18.5 Å². The quantitative estimate of drug-likeness (QED) is 0.858. The van der Waals surface area contributed by atoms with Crippen LogP contribution in [0.25, 0.3) is 10.8 Å². The van der Waals surface area contributed by atoms with Crippen molar-refractivity contribution in [1.29, 1.82) is 0 Å². The number of ether oxygens (including phenoxy) is 1. The smallest absolute Gasteiger partial charge is 0.265 e. The zero-order chi connectivity index (χ0) is 18.1. The van der Waals surface area contributed by atoms with Gasteiger partial charge in [-0.25, -0.2) is 15.0 Å². The summed E-state index contributed by atoms with van der Waals surface area (Å²) in [7, 11) is 0. The second-order valence-electron chi connectivity index (χ2n) is 6.28. The Morgan fingerprint density at radius 3 is 3.00 bits per heavy atom. The van der Waals surface area contributed by atoms with E-state index in [-0.39, 0.29) is 30.6 Å². The number of nitrogens with zero attached hydrogens (tertiary/aromatic N) is 4. The molecule has 2 aromatic rings. The van der Waals surface area contributed by atoms with E-state index in [4.69, 9.17) is 4.74 Å². The van der Waals surface area contributed by atoms with Gasteiger partial charge in [0.25, 0.3) is 5.91 Å². The van der Waals surface area contributed by atoms with Gasteiger partial charge in [0.2, 0.25) is 5.91 Å². The minimum atomic E-state index is -0.149. The van der Waals surface area contributed by atoms with E-state index >= 15 is 0 Å². The summed E-state index contributed by atoms with van der Waals surface area (Å²) >= 11 is 1.32. The molecule has 8 nitrogen and oxygen atoms in total. The van der Waals surface area contributed by atoms with Crippen LogP contribution in [0.5, 0.6) is 0 Å². The van der Waals surface area contributed by atoms with Crippen LogP contribution < -0.4 is 5.32 Å². The van der Waals surface area contributed by atoms with Gasteiger partial charge < -0.3 is 15.0 Å². The molecular formula is C17H19N5O3S. The first-order valence-electron chi connectivity index (χ1n) is 8.63. The van der Waals surface area contributed by atoms with E-state index in [2.05, 4.69) is 20.3 Å². The number of aromatic nitrogens is 3. The molecule has 0 aliphatic carbocycles. The summed E-state index contributed by atoms with van der Waals surface area (Å²) in [6.45, 7) is 3.13. The lowest BCUT2D eigenvalue weighted by molar-refractivity contribution is -0.139. The van der Waals surface area contributed by atoms with Crippen molar-refractivity contribution < 1.29 is 14.3 Å². The van der Waals surface area contributed by atoms with Crippen LogP contribution in [0.1, 0.15) is 28.7 Å². The summed E-state index contributed by atoms with van der Waals surface area (Å²) < 4.78 is 5.56. The fourth-order valence-corrected chi connectivity index (χ4v) is 4.36. The second-order valence-corrected chi connectivity index (χ2v) is 7.28. The first-order valence-corrected chi connectivity index (χ1v) is 9.44. The zero-order valence-corrected chi connectivity index (χ0v) is 15.2. The van der Waals surface area contributed by atoms with Gasteiger partial charge in [-0.05, 0) is 18.9 Å². The number of fused-ring (bicyclic) bond motifs is 1. The summed E-state index contributed by atoms with van der Waals surface area (Å²) in [5.74, 6) is 0.341. The third kappa shape index (κ3) is 3.19. The molecule has 4 heterocycles. The molecule has 2 atom stereocenters. The number of rotatable bonds is 3. The van der Waals surface area contributed by atoms with Crippen molar-refractivity contribution in [1.82, 2.24) is 25.2 Å². The van der Waals surface area contributed by atoms with Crippen LogP contribution >= 0.6 is 11.3 Å². The van der Waals surface area contributed by atoms with Crippen LogP contribution in [0.4, 0.5) is 0 Å². The Morgan fingerprint density at radius 2 is 2.23 bits per heavy atom. The normalized spacial score (nSPS) is 22.7.